The molecule has 1 N–H and O–H groups in total. The maximum Gasteiger partial charge on any atom is 0.225 e. The van der Waals surface area contributed by atoms with E-state index < -0.39 is 0 Å². The molecule has 0 atom stereocenters. The Kier molecular flexibility index (Phi) is 2.73. The fourth-order valence-electron chi connectivity index (χ4n) is 2.81. The lowest BCUT2D eigenvalue weighted by atomic mass is 10.0. The Labute approximate surface area is 125 Å². The van der Waals surface area contributed by atoms with E-state index in [4.69, 9.17) is 0 Å². The Bertz CT molecular complexity index is 766. The van der Waals surface area contributed by atoms with Crippen LogP contribution in [0.15, 0.2) is 41.1 Å². The summed E-state index contributed by atoms with van der Waals surface area (Å²) in [6, 6.07) is 8.23. The Hall–Kier alpha value is -1.88. The minimum absolute atomic E-state index is 0.808. The van der Waals surface area contributed by atoms with Crippen LogP contribution in [0.25, 0.3) is 10.9 Å². The van der Waals surface area contributed by atoms with E-state index in [0.717, 1.165) is 29.9 Å². The van der Waals surface area contributed by atoms with Gasteiger partial charge in [-0.05, 0) is 24.3 Å². The van der Waals surface area contributed by atoms with Crippen molar-refractivity contribution in [1.82, 2.24) is 15.0 Å². The van der Waals surface area contributed by atoms with Gasteiger partial charge in [0.2, 0.25) is 5.95 Å². The number of aromatic amines is 1. The van der Waals surface area contributed by atoms with E-state index in [9.17, 15) is 0 Å². The van der Waals surface area contributed by atoms with Gasteiger partial charge in [0.15, 0.2) is 0 Å². The zero-order valence-electron chi connectivity index (χ0n) is 10.8. The molecule has 1 aromatic carbocycles. The van der Waals surface area contributed by atoms with Gasteiger partial charge in [-0.15, -0.1) is 0 Å². The van der Waals surface area contributed by atoms with Crippen LogP contribution in [0.3, 0.4) is 0 Å². The summed E-state index contributed by atoms with van der Waals surface area (Å²) in [7, 11) is 0. The molecule has 0 bridgehead atoms. The van der Waals surface area contributed by atoms with Crippen molar-refractivity contribution in [2.24, 2.45) is 0 Å². The predicted molar refractivity (Wildman–Crippen MR) is 82.8 cm³/mol. The van der Waals surface area contributed by atoms with Crippen LogP contribution in [-0.4, -0.2) is 21.5 Å². The monoisotopic (exact) mass is 328 g/mol. The highest BCUT2D eigenvalue weighted by atomic mass is 79.9. The topological polar surface area (TPSA) is 44.8 Å². The van der Waals surface area contributed by atoms with Crippen molar-refractivity contribution < 1.29 is 0 Å². The van der Waals surface area contributed by atoms with Gasteiger partial charge < -0.3 is 9.88 Å². The first-order valence-corrected chi connectivity index (χ1v) is 7.41. The van der Waals surface area contributed by atoms with Gasteiger partial charge in [-0.25, -0.2) is 9.97 Å². The van der Waals surface area contributed by atoms with Crippen LogP contribution >= 0.6 is 15.9 Å². The van der Waals surface area contributed by atoms with E-state index in [2.05, 4.69) is 54.0 Å². The van der Waals surface area contributed by atoms with Crippen molar-refractivity contribution in [3.05, 3.63) is 52.4 Å². The molecule has 1 aliphatic rings. The molecule has 3 heterocycles. The molecule has 20 heavy (non-hydrogen) atoms. The highest BCUT2D eigenvalue weighted by Gasteiger charge is 2.22. The van der Waals surface area contributed by atoms with E-state index in [-0.39, 0.29) is 0 Å². The third kappa shape index (κ3) is 1.89. The number of aromatic nitrogens is 3. The molecule has 0 saturated carbocycles. The van der Waals surface area contributed by atoms with Crippen LogP contribution in [0, 0.1) is 0 Å². The summed E-state index contributed by atoms with van der Waals surface area (Å²) in [5.74, 6) is 0.808. The quantitative estimate of drug-likeness (QED) is 0.745. The first-order valence-electron chi connectivity index (χ1n) is 6.62. The third-order valence-corrected chi connectivity index (χ3v) is 4.27. The molecular weight excluding hydrogens is 316 g/mol. The summed E-state index contributed by atoms with van der Waals surface area (Å²) in [4.78, 5) is 14.5. The highest BCUT2D eigenvalue weighted by Crippen LogP contribution is 2.30. The fraction of sp³-hybridized carbons (Fsp3) is 0.200. The summed E-state index contributed by atoms with van der Waals surface area (Å²) in [5, 5.41) is 1.29. The van der Waals surface area contributed by atoms with E-state index in [1.165, 1.54) is 22.2 Å². The predicted octanol–water partition coefficient (Wildman–Crippen LogP) is 3.28. The number of fused-ring (bicyclic) bond motifs is 3. The number of anilines is 1. The van der Waals surface area contributed by atoms with E-state index >= 15 is 0 Å². The summed E-state index contributed by atoms with van der Waals surface area (Å²) < 4.78 is 1.11. The number of hydrogen-bond donors (Lipinski definition) is 1. The number of benzene rings is 1. The van der Waals surface area contributed by atoms with Crippen molar-refractivity contribution in [3.8, 4) is 0 Å². The molecule has 0 amide bonds. The van der Waals surface area contributed by atoms with Gasteiger partial charge in [0.25, 0.3) is 0 Å². The van der Waals surface area contributed by atoms with E-state index in [1.54, 1.807) is 12.4 Å². The average Bonchev–Trinajstić information content (AvgIpc) is 2.85. The number of H-pyrrole nitrogens is 1. The molecular formula is C15H13BrN4. The molecule has 0 unspecified atom stereocenters. The molecule has 2 aromatic heterocycles. The Morgan fingerprint density at radius 2 is 2.05 bits per heavy atom. The van der Waals surface area contributed by atoms with Gasteiger partial charge in [-0.1, -0.05) is 15.9 Å². The van der Waals surface area contributed by atoms with Crippen LogP contribution in [0.1, 0.15) is 11.3 Å². The number of rotatable bonds is 1. The van der Waals surface area contributed by atoms with Crippen LogP contribution in [0.5, 0.6) is 0 Å². The van der Waals surface area contributed by atoms with Gasteiger partial charge in [0.1, 0.15) is 0 Å². The second-order valence-electron chi connectivity index (χ2n) is 4.99. The van der Waals surface area contributed by atoms with E-state index in [0.29, 0.717) is 0 Å². The second kappa shape index (κ2) is 4.59. The lowest BCUT2D eigenvalue weighted by Crippen LogP contribution is -2.31. The molecule has 3 aromatic rings. The van der Waals surface area contributed by atoms with Crippen molar-refractivity contribution in [3.63, 3.8) is 0 Å². The molecule has 0 radical (unpaired) electrons. The maximum atomic E-state index is 4.35. The lowest BCUT2D eigenvalue weighted by molar-refractivity contribution is 0.703. The number of hydrogen-bond acceptors (Lipinski definition) is 3. The Morgan fingerprint density at radius 3 is 2.90 bits per heavy atom. The number of nitrogens with zero attached hydrogens (tertiary/aromatic N) is 3. The lowest BCUT2D eigenvalue weighted by Gasteiger charge is -2.27. The third-order valence-electron chi connectivity index (χ3n) is 3.77. The van der Waals surface area contributed by atoms with Gasteiger partial charge in [-0.3, -0.25) is 0 Å². The SMILES string of the molecule is Brc1ccc2[nH]c3c(c2c1)CN(c1ncccn1)CC3. The van der Waals surface area contributed by atoms with Crippen molar-refractivity contribution in [2.45, 2.75) is 13.0 Å². The molecule has 0 aliphatic carbocycles. The standard InChI is InChI=1S/C15H13BrN4/c16-10-2-3-13-11(8-10)12-9-20(7-4-14(12)19-13)15-17-5-1-6-18-15/h1-3,5-6,8,19H,4,7,9H2. The van der Waals surface area contributed by atoms with E-state index in [1.807, 2.05) is 6.07 Å². The summed E-state index contributed by atoms with van der Waals surface area (Å²) in [6.07, 6.45) is 4.59. The second-order valence-corrected chi connectivity index (χ2v) is 5.91. The Morgan fingerprint density at radius 1 is 1.20 bits per heavy atom. The zero-order chi connectivity index (χ0) is 13.5. The minimum atomic E-state index is 0.808. The van der Waals surface area contributed by atoms with Crippen molar-refractivity contribution >= 4 is 32.8 Å². The first-order chi connectivity index (χ1) is 9.81. The van der Waals surface area contributed by atoms with Crippen molar-refractivity contribution in [1.29, 1.82) is 0 Å². The summed E-state index contributed by atoms with van der Waals surface area (Å²) in [5.41, 5.74) is 3.90. The van der Waals surface area contributed by atoms with Gasteiger partial charge >= 0.3 is 0 Å². The van der Waals surface area contributed by atoms with Gasteiger partial charge in [0.05, 0.1) is 0 Å². The molecule has 1 aliphatic heterocycles. The first kappa shape index (κ1) is 11.9. The maximum absolute atomic E-state index is 4.35. The number of nitrogens with one attached hydrogen (secondary N) is 1. The average molecular weight is 329 g/mol. The minimum Gasteiger partial charge on any atom is -0.358 e. The smallest absolute Gasteiger partial charge is 0.225 e. The molecule has 4 nitrogen and oxygen atoms in total. The normalized spacial score (nSPS) is 14.6. The van der Waals surface area contributed by atoms with Crippen LogP contribution in [0.4, 0.5) is 5.95 Å². The van der Waals surface area contributed by atoms with Crippen LogP contribution in [0.2, 0.25) is 0 Å². The molecule has 0 saturated heterocycles. The summed E-state index contributed by atoms with van der Waals surface area (Å²) >= 11 is 3.55. The molecule has 100 valence electrons. The zero-order valence-corrected chi connectivity index (χ0v) is 12.4. The largest absolute Gasteiger partial charge is 0.358 e. The van der Waals surface area contributed by atoms with Gasteiger partial charge in [-0.2, -0.15) is 0 Å². The molecule has 0 fully saturated rings. The molecule has 4 rings (SSSR count). The summed E-state index contributed by atoms with van der Waals surface area (Å²) in [6.45, 7) is 1.81. The number of halogens is 1. The van der Waals surface area contributed by atoms with Gasteiger partial charge in [0, 0.05) is 58.5 Å². The molecule has 0 spiro atoms. The van der Waals surface area contributed by atoms with Crippen LogP contribution < -0.4 is 4.90 Å². The van der Waals surface area contributed by atoms with Crippen molar-refractivity contribution in [2.75, 3.05) is 11.4 Å². The fourth-order valence-corrected chi connectivity index (χ4v) is 3.17. The molecule has 5 heteroatoms. The van der Waals surface area contributed by atoms with Crippen LogP contribution in [-0.2, 0) is 13.0 Å². The highest BCUT2D eigenvalue weighted by molar-refractivity contribution is 9.10. The Balaban J connectivity index is 1.78.